The van der Waals surface area contributed by atoms with Gasteiger partial charge in [0, 0.05) is 25.7 Å². The van der Waals surface area contributed by atoms with Crippen molar-refractivity contribution < 1.29 is 80.2 Å². The molecule has 0 heterocycles. The fourth-order valence-electron chi connectivity index (χ4n) is 13.2. The van der Waals surface area contributed by atoms with E-state index in [1.165, 1.54) is 270 Å². The van der Waals surface area contributed by atoms with Gasteiger partial charge in [0.15, 0.2) is 12.2 Å². The van der Waals surface area contributed by atoms with E-state index in [-0.39, 0.29) is 25.7 Å². The Morgan fingerprint density at radius 1 is 0.260 bits per heavy atom. The highest BCUT2D eigenvalue weighted by Crippen LogP contribution is 2.45. The SMILES string of the molecule is CCCCCCCCCCCCCCCCCCCCCCCC(=O)O[C@H](COC(=O)CCCCCCCCCCCCCCCCCCC(C)C)COP(=O)(O)OC[C@@H](O)COP(=O)(O)OC[C@@H](COC(=O)CCCCCCCCCCCCC)OC(=O)CCCCCCCCCCCCC(C)C. The van der Waals surface area contributed by atoms with Crippen LogP contribution in [-0.2, 0) is 65.4 Å². The maximum atomic E-state index is 13.1. The molecule has 0 saturated heterocycles. The number of aliphatic hydroxyl groups is 1. The lowest BCUT2D eigenvalue weighted by Crippen LogP contribution is -2.30. The van der Waals surface area contributed by atoms with Crippen molar-refractivity contribution in [1.82, 2.24) is 0 Å². The molecule has 5 atom stereocenters. The highest BCUT2D eigenvalue weighted by molar-refractivity contribution is 7.47. The fraction of sp³-hybridized carbons (Fsp3) is 0.953. The zero-order valence-electron chi connectivity index (χ0n) is 68.3. The van der Waals surface area contributed by atoms with Crippen LogP contribution in [0.3, 0.4) is 0 Å². The van der Waals surface area contributed by atoms with Gasteiger partial charge in [-0.25, -0.2) is 9.13 Å². The molecule has 0 aliphatic carbocycles. The molecule has 17 nitrogen and oxygen atoms in total. The third-order valence-electron chi connectivity index (χ3n) is 20.0. The van der Waals surface area contributed by atoms with Crippen molar-refractivity contribution in [3.63, 3.8) is 0 Å². The molecule has 0 bridgehead atoms. The summed E-state index contributed by atoms with van der Waals surface area (Å²) in [5, 5.41) is 10.7. The normalized spacial score (nSPS) is 13.8. The molecule has 0 radical (unpaired) electrons. The van der Waals surface area contributed by atoms with Crippen molar-refractivity contribution in [2.45, 2.75) is 471 Å². The third-order valence-corrected chi connectivity index (χ3v) is 21.9. The zero-order valence-corrected chi connectivity index (χ0v) is 70.1. The van der Waals surface area contributed by atoms with Crippen molar-refractivity contribution in [2.75, 3.05) is 39.6 Å². The second-order valence-corrected chi connectivity index (χ2v) is 34.4. The van der Waals surface area contributed by atoms with Crippen molar-refractivity contribution in [3.8, 4) is 0 Å². The average Bonchev–Trinajstić information content (AvgIpc) is 0.904. The van der Waals surface area contributed by atoms with E-state index < -0.39 is 97.5 Å². The molecule has 0 fully saturated rings. The Kier molecular flexibility index (Phi) is 75.0. The number of phosphoric acid groups is 2. The van der Waals surface area contributed by atoms with Crippen LogP contribution in [0, 0.1) is 11.8 Å². The van der Waals surface area contributed by atoms with E-state index in [4.69, 9.17) is 37.0 Å². The van der Waals surface area contributed by atoms with Crippen LogP contribution in [0.2, 0.25) is 0 Å². The summed E-state index contributed by atoms with van der Waals surface area (Å²) in [5.41, 5.74) is 0. The predicted octanol–water partition coefficient (Wildman–Crippen LogP) is 25.8. The molecule has 0 aromatic heterocycles. The molecule has 0 aliphatic heterocycles. The molecule has 618 valence electrons. The number of unbranched alkanes of at least 4 members (excludes halogenated alkanes) is 54. The highest BCUT2D eigenvalue weighted by Gasteiger charge is 2.30. The van der Waals surface area contributed by atoms with E-state index in [0.717, 1.165) is 102 Å². The Labute approximate surface area is 638 Å². The van der Waals surface area contributed by atoms with Gasteiger partial charge in [-0.05, 0) is 37.5 Å². The lowest BCUT2D eigenvalue weighted by molar-refractivity contribution is -0.161. The molecule has 0 aromatic carbocycles. The van der Waals surface area contributed by atoms with E-state index in [1.807, 2.05) is 0 Å². The smallest absolute Gasteiger partial charge is 0.462 e. The van der Waals surface area contributed by atoms with Gasteiger partial charge in [0.25, 0.3) is 0 Å². The van der Waals surface area contributed by atoms with Crippen molar-refractivity contribution in [1.29, 1.82) is 0 Å². The Bertz CT molecular complexity index is 1990. The molecule has 19 heteroatoms. The lowest BCUT2D eigenvalue weighted by atomic mass is 10.0. The molecule has 0 aliphatic rings. The number of aliphatic hydroxyl groups excluding tert-OH is 1. The quantitative estimate of drug-likeness (QED) is 0.0222. The number of hydrogen-bond donors (Lipinski definition) is 3. The fourth-order valence-corrected chi connectivity index (χ4v) is 14.8. The first-order valence-corrected chi connectivity index (χ1v) is 47.0. The number of carbonyl (C=O) groups is 4. The number of carbonyl (C=O) groups excluding carboxylic acids is 4. The molecule has 104 heavy (non-hydrogen) atoms. The third kappa shape index (κ3) is 78.2. The molecular formula is C85H166O17P2. The molecule has 2 unspecified atom stereocenters. The molecule has 3 N–H and O–H groups in total. The predicted molar refractivity (Wildman–Crippen MR) is 428 cm³/mol. The highest BCUT2D eigenvalue weighted by atomic mass is 31.2. The van der Waals surface area contributed by atoms with Crippen LogP contribution in [0.4, 0.5) is 0 Å². The largest absolute Gasteiger partial charge is 0.472 e. The van der Waals surface area contributed by atoms with Gasteiger partial charge in [0.05, 0.1) is 26.4 Å². The molecule has 0 amide bonds. The molecule has 0 aromatic rings. The minimum Gasteiger partial charge on any atom is -0.462 e. The van der Waals surface area contributed by atoms with Crippen molar-refractivity contribution >= 4 is 39.5 Å². The Morgan fingerprint density at radius 3 is 0.654 bits per heavy atom. The van der Waals surface area contributed by atoms with Crippen LogP contribution in [0.1, 0.15) is 452 Å². The summed E-state index contributed by atoms with van der Waals surface area (Å²) in [6, 6.07) is 0. The minimum atomic E-state index is -4.97. The van der Waals surface area contributed by atoms with E-state index in [1.54, 1.807) is 0 Å². The molecule has 0 saturated carbocycles. The van der Waals surface area contributed by atoms with E-state index in [0.29, 0.717) is 25.7 Å². The number of phosphoric ester groups is 2. The summed E-state index contributed by atoms with van der Waals surface area (Å²) in [5.74, 6) is -0.539. The Morgan fingerprint density at radius 2 is 0.442 bits per heavy atom. The first-order chi connectivity index (χ1) is 50.4. The molecular weight excluding hydrogens is 1350 g/mol. The number of hydrogen-bond acceptors (Lipinski definition) is 15. The monoisotopic (exact) mass is 1520 g/mol. The van der Waals surface area contributed by atoms with Gasteiger partial charge in [-0.3, -0.25) is 37.3 Å². The number of esters is 4. The summed E-state index contributed by atoms with van der Waals surface area (Å²) in [7, 11) is -9.92. The second-order valence-electron chi connectivity index (χ2n) is 31.5. The van der Waals surface area contributed by atoms with Crippen molar-refractivity contribution in [3.05, 3.63) is 0 Å². The summed E-state index contributed by atoms with van der Waals surface area (Å²) in [4.78, 5) is 73.2. The second kappa shape index (κ2) is 76.4. The van der Waals surface area contributed by atoms with Gasteiger partial charge in [0.2, 0.25) is 0 Å². The molecule has 0 spiro atoms. The van der Waals surface area contributed by atoms with Crippen LogP contribution in [-0.4, -0.2) is 96.7 Å². The maximum Gasteiger partial charge on any atom is 0.472 e. The van der Waals surface area contributed by atoms with Crippen LogP contribution in [0.15, 0.2) is 0 Å². The topological polar surface area (TPSA) is 237 Å². The first kappa shape index (κ1) is 102. The number of ether oxygens (including phenoxy) is 4. The maximum absolute atomic E-state index is 13.1. The lowest BCUT2D eigenvalue weighted by Gasteiger charge is -2.21. The van der Waals surface area contributed by atoms with Gasteiger partial charge in [-0.2, -0.15) is 0 Å². The first-order valence-electron chi connectivity index (χ1n) is 44.0. The van der Waals surface area contributed by atoms with Crippen LogP contribution in [0.5, 0.6) is 0 Å². The summed E-state index contributed by atoms with van der Waals surface area (Å²) in [6.45, 7) is 9.68. The standard InChI is InChI=1S/C85H166O17P2/c1-7-9-11-13-15-17-19-20-21-22-23-24-25-26-31-34-38-45-51-57-63-69-84(89)101-80(74-96-83(88)68-62-56-50-44-37-33-30-28-27-29-32-36-41-47-53-59-65-77(3)4)75-99-103(91,92)97-71-79(86)72-98-104(93,94)100-76-81(73-95-82(87)67-61-55-49-43-35-18-16-14-12-10-8-2)102-85(90)70-64-58-52-46-40-39-42-48-54-60-66-78(5)6/h77-81,86H,7-76H2,1-6H3,(H,91,92)(H,93,94)/t79-,80-,81-/m1/s1. The molecule has 0 rings (SSSR count). The van der Waals surface area contributed by atoms with Crippen LogP contribution in [0.25, 0.3) is 0 Å². The number of rotatable bonds is 84. The summed E-state index contributed by atoms with van der Waals surface area (Å²) in [6.07, 6.45) is 68.1. The van der Waals surface area contributed by atoms with E-state index >= 15 is 0 Å². The van der Waals surface area contributed by atoms with Gasteiger partial charge >= 0.3 is 39.5 Å². The minimum absolute atomic E-state index is 0.107. The van der Waals surface area contributed by atoms with Crippen LogP contribution < -0.4 is 0 Å². The van der Waals surface area contributed by atoms with Gasteiger partial charge in [-0.1, -0.05) is 401 Å². The van der Waals surface area contributed by atoms with Gasteiger partial charge in [-0.15, -0.1) is 0 Å². The summed E-state index contributed by atoms with van der Waals surface area (Å²) >= 11 is 0. The average molecular weight is 1520 g/mol. The van der Waals surface area contributed by atoms with Crippen LogP contribution >= 0.6 is 15.6 Å². The van der Waals surface area contributed by atoms with E-state index in [9.17, 15) is 43.2 Å². The van der Waals surface area contributed by atoms with Gasteiger partial charge in [0.1, 0.15) is 19.3 Å². The van der Waals surface area contributed by atoms with Crippen molar-refractivity contribution in [2.24, 2.45) is 11.8 Å². The van der Waals surface area contributed by atoms with E-state index in [2.05, 4.69) is 41.5 Å². The zero-order chi connectivity index (χ0) is 76.4. The van der Waals surface area contributed by atoms with Gasteiger partial charge < -0.3 is 33.8 Å². The summed E-state index contributed by atoms with van der Waals surface area (Å²) < 4.78 is 68.8. The Hall–Kier alpha value is -1.94. The Balaban J connectivity index is 5.22.